The van der Waals surface area contributed by atoms with Crippen LogP contribution >= 0.6 is 0 Å². The molecule has 0 aliphatic carbocycles. The summed E-state index contributed by atoms with van der Waals surface area (Å²) < 4.78 is 0. The highest BCUT2D eigenvalue weighted by atomic mass is 16.4. The van der Waals surface area contributed by atoms with Gasteiger partial charge in [-0.2, -0.15) is 0 Å². The van der Waals surface area contributed by atoms with Crippen molar-refractivity contribution in [3.8, 4) is 5.75 Å². The molecule has 10 heteroatoms. The van der Waals surface area contributed by atoms with Gasteiger partial charge in [0.1, 0.15) is 23.9 Å². The maximum Gasteiger partial charge on any atom is 0.325 e. The molecule has 0 fully saturated rings. The standard InChI is InChI=1S/C19H28N4O6/c1-10(2)16(18(27)21-11(3)19(28)29)23-17(26)14(22-15(25)9-20)8-12-4-6-13(24)7-5-12/h4-7,10-11,14,16,24H,8-9,20H2,1-3H3,(H,21,27)(H,22,25)(H,23,26)(H,28,29)/t11-,14-,16-/m0/s1. The Bertz CT molecular complexity index is 735. The van der Waals surface area contributed by atoms with Crippen molar-refractivity contribution in [1.29, 1.82) is 0 Å². The monoisotopic (exact) mass is 408 g/mol. The van der Waals surface area contributed by atoms with Crippen molar-refractivity contribution in [3.05, 3.63) is 29.8 Å². The van der Waals surface area contributed by atoms with Gasteiger partial charge < -0.3 is 31.9 Å². The number of nitrogens with one attached hydrogen (secondary N) is 3. The summed E-state index contributed by atoms with van der Waals surface area (Å²) in [6.45, 7) is 4.39. The first-order chi connectivity index (χ1) is 13.5. The summed E-state index contributed by atoms with van der Waals surface area (Å²) in [5.74, 6) is -3.28. The first kappa shape index (κ1) is 23.9. The molecule has 1 aromatic rings. The van der Waals surface area contributed by atoms with Crippen LogP contribution in [0, 0.1) is 5.92 Å². The Kier molecular flexibility index (Phi) is 9.07. The van der Waals surface area contributed by atoms with E-state index in [2.05, 4.69) is 16.0 Å². The van der Waals surface area contributed by atoms with Crippen LogP contribution in [0.4, 0.5) is 0 Å². The number of rotatable bonds is 10. The average molecular weight is 408 g/mol. The van der Waals surface area contributed by atoms with Crippen molar-refractivity contribution in [2.75, 3.05) is 6.54 Å². The van der Waals surface area contributed by atoms with Gasteiger partial charge in [-0.15, -0.1) is 0 Å². The molecule has 0 aliphatic heterocycles. The fourth-order valence-electron chi connectivity index (χ4n) is 2.48. The number of carboxylic acid groups (broad SMARTS) is 1. The van der Waals surface area contributed by atoms with E-state index in [1.807, 2.05) is 0 Å². The quantitative estimate of drug-likeness (QED) is 0.291. The molecule has 160 valence electrons. The zero-order valence-electron chi connectivity index (χ0n) is 16.6. The smallest absolute Gasteiger partial charge is 0.325 e. The number of benzene rings is 1. The second kappa shape index (κ2) is 11.0. The number of aromatic hydroxyl groups is 1. The highest BCUT2D eigenvalue weighted by molar-refractivity contribution is 5.93. The first-order valence-electron chi connectivity index (χ1n) is 9.16. The van der Waals surface area contributed by atoms with Crippen molar-refractivity contribution < 1.29 is 29.4 Å². The van der Waals surface area contributed by atoms with Gasteiger partial charge in [-0.05, 0) is 30.5 Å². The molecule has 0 saturated heterocycles. The van der Waals surface area contributed by atoms with E-state index in [-0.39, 0.29) is 24.6 Å². The molecule has 0 radical (unpaired) electrons. The lowest BCUT2D eigenvalue weighted by Crippen LogP contribution is -2.57. The summed E-state index contributed by atoms with van der Waals surface area (Å²) in [6, 6.07) is 2.98. The number of phenols is 1. The Balaban J connectivity index is 2.96. The van der Waals surface area contributed by atoms with E-state index in [9.17, 15) is 24.3 Å². The normalized spacial score (nSPS) is 13.8. The first-order valence-corrected chi connectivity index (χ1v) is 9.16. The van der Waals surface area contributed by atoms with Crippen molar-refractivity contribution >= 4 is 23.7 Å². The Hall–Kier alpha value is -3.14. The molecule has 0 bridgehead atoms. The molecule has 0 spiro atoms. The fraction of sp³-hybridized carbons (Fsp3) is 0.474. The third kappa shape index (κ3) is 7.78. The highest BCUT2D eigenvalue weighted by Gasteiger charge is 2.30. The maximum atomic E-state index is 12.8. The molecule has 1 rings (SSSR count). The van der Waals surface area contributed by atoms with Crippen LogP contribution in [0.15, 0.2) is 24.3 Å². The molecular weight excluding hydrogens is 380 g/mol. The Morgan fingerprint density at radius 2 is 1.55 bits per heavy atom. The van der Waals surface area contributed by atoms with E-state index in [1.54, 1.807) is 26.0 Å². The van der Waals surface area contributed by atoms with E-state index < -0.39 is 41.8 Å². The summed E-state index contributed by atoms with van der Waals surface area (Å²) in [5, 5.41) is 25.7. The summed E-state index contributed by atoms with van der Waals surface area (Å²) in [6.07, 6.45) is 0.107. The van der Waals surface area contributed by atoms with Crippen molar-refractivity contribution in [3.63, 3.8) is 0 Å². The number of carboxylic acids is 1. The van der Waals surface area contributed by atoms with Crippen LogP contribution in [0.2, 0.25) is 0 Å². The highest BCUT2D eigenvalue weighted by Crippen LogP contribution is 2.12. The molecule has 3 atom stereocenters. The van der Waals surface area contributed by atoms with E-state index in [0.29, 0.717) is 5.56 Å². The number of carbonyl (C=O) groups excluding carboxylic acids is 3. The molecule has 7 N–H and O–H groups in total. The van der Waals surface area contributed by atoms with Gasteiger partial charge in [-0.3, -0.25) is 19.2 Å². The van der Waals surface area contributed by atoms with Gasteiger partial charge >= 0.3 is 5.97 Å². The molecule has 1 aromatic carbocycles. The zero-order chi connectivity index (χ0) is 22.1. The van der Waals surface area contributed by atoms with Gasteiger partial charge in [0, 0.05) is 6.42 Å². The lowest BCUT2D eigenvalue weighted by atomic mass is 10.0. The van der Waals surface area contributed by atoms with Gasteiger partial charge in [0.05, 0.1) is 6.54 Å². The minimum atomic E-state index is -1.20. The molecule has 0 aromatic heterocycles. The van der Waals surface area contributed by atoms with Crippen LogP contribution in [-0.2, 0) is 25.6 Å². The Morgan fingerprint density at radius 3 is 2.03 bits per heavy atom. The Morgan fingerprint density at radius 1 is 0.966 bits per heavy atom. The topological polar surface area (TPSA) is 171 Å². The predicted octanol–water partition coefficient (Wildman–Crippen LogP) is -0.892. The lowest BCUT2D eigenvalue weighted by molar-refractivity contribution is -0.142. The zero-order valence-corrected chi connectivity index (χ0v) is 16.6. The van der Waals surface area contributed by atoms with Gasteiger partial charge in [0.15, 0.2) is 0 Å². The maximum absolute atomic E-state index is 12.8. The van der Waals surface area contributed by atoms with Crippen LogP contribution in [-0.4, -0.2) is 58.6 Å². The van der Waals surface area contributed by atoms with Gasteiger partial charge in [0.2, 0.25) is 17.7 Å². The van der Waals surface area contributed by atoms with E-state index in [4.69, 9.17) is 10.8 Å². The van der Waals surface area contributed by atoms with Crippen molar-refractivity contribution in [1.82, 2.24) is 16.0 Å². The minimum absolute atomic E-state index is 0.0600. The average Bonchev–Trinajstić information content (AvgIpc) is 2.66. The van der Waals surface area contributed by atoms with Crippen LogP contribution < -0.4 is 21.7 Å². The van der Waals surface area contributed by atoms with Crippen molar-refractivity contribution in [2.45, 2.75) is 45.3 Å². The molecule has 3 amide bonds. The number of amides is 3. The van der Waals surface area contributed by atoms with Gasteiger partial charge in [-0.1, -0.05) is 26.0 Å². The lowest BCUT2D eigenvalue weighted by Gasteiger charge is -2.26. The third-order valence-electron chi connectivity index (χ3n) is 4.19. The number of hydrogen-bond acceptors (Lipinski definition) is 6. The van der Waals surface area contributed by atoms with E-state index in [0.717, 1.165) is 0 Å². The number of nitrogens with two attached hydrogens (primary N) is 1. The van der Waals surface area contributed by atoms with Crippen LogP contribution in [0.1, 0.15) is 26.3 Å². The van der Waals surface area contributed by atoms with Crippen LogP contribution in [0.25, 0.3) is 0 Å². The van der Waals surface area contributed by atoms with E-state index >= 15 is 0 Å². The molecule has 0 unspecified atom stereocenters. The van der Waals surface area contributed by atoms with Crippen molar-refractivity contribution in [2.24, 2.45) is 11.7 Å². The molecule has 10 nitrogen and oxygen atoms in total. The second-order valence-corrected chi connectivity index (χ2v) is 6.99. The summed E-state index contributed by atoms with van der Waals surface area (Å²) in [7, 11) is 0. The molecule has 0 aliphatic rings. The number of hydrogen-bond donors (Lipinski definition) is 6. The Labute approximate surface area is 168 Å². The number of aliphatic carboxylic acids is 1. The number of carbonyl (C=O) groups is 4. The molecule has 0 heterocycles. The third-order valence-corrected chi connectivity index (χ3v) is 4.19. The SMILES string of the molecule is CC(C)[C@H](NC(=O)[C@H](Cc1ccc(O)cc1)NC(=O)CN)C(=O)N[C@@H](C)C(=O)O. The fourth-order valence-corrected chi connectivity index (χ4v) is 2.48. The van der Waals surface area contributed by atoms with E-state index in [1.165, 1.54) is 19.1 Å². The largest absolute Gasteiger partial charge is 0.508 e. The second-order valence-electron chi connectivity index (χ2n) is 6.99. The van der Waals surface area contributed by atoms with Crippen LogP contribution in [0.3, 0.4) is 0 Å². The molecular formula is C19H28N4O6. The minimum Gasteiger partial charge on any atom is -0.508 e. The summed E-state index contributed by atoms with van der Waals surface area (Å²) in [5.41, 5.74) is 5.99. The van der Waals surface area contributed by atoms with Crippen LogP contribution in [0.5, 0.6) is 5.75 Å². The summed E-state index contributed by atoms with van der Waals surface area (Å²) in [4.78, 5) is 47.9. The molecule has 0 saturated carbocycles. The predicted molar refractivity (Wildman–Crippen MR) is 105 cm³/mol. The number of phenolic OH excluding ortho intramolecular Hbond substituents is 1. The van der Waals surface area contributed by atoms with Gasteiger partial charge in [-0.25, -0.2) is 0 Å². The van der Waals surface area contributed by atoms with Gasteiger partial charge in [0.25, 0.3) is 0 Å². The summed E-state index contributed by atoms with van der Waals surface area (Å²) >= 11 is 0. The molecule has 29 heavy (non-hydrogen) atoms.